The number of rotatable bonds is 8. The standard InChI is InChI=1S/C21H34Cl3N7O/c22-21(23,24)18-27-19(25-8-5-11-30-9-3-4-10-30)29-20(28-18)26-16-6-1-2-7-17(16)31-12-14-32-15-13-31/h1-2,6-7,18-20,25-29H,3-5,8-15H2. The lowest BCUT2D eigenvalue weighted by molar-refractivity contribution is 0.122. The molecule has 1 aromatic carbocycles. The molecule has 3 heterocycles. The summed E-state index contributed by atoms with van der Waals surface area (Å²) in [5, 5.41) is 17.2. The maximum Gasteiger partial charge on any atom is 0.218 e. The van der Waals surface area contributed by atoms with E-state index in [1.165, 1.54) is 25.9 Å². The third-order valence-electron chi connectivity index (χ3n) is 6.08. The number of hydrogen-bond acceptors (Lipinski definition) is 8. The smallest absolute Gasteiger partial charge is 0.218 e. The molecule has 0 aromatic heterocycles. The molecule has 0 saturated carbocycles. The van der Waals surface area contributed by atoms with E-state index in [9.17, 15) is 0 Å². The molecule has 0 bridgehead atoms. The highest BCUT2D eigenvalue weighted by atomic mass is 35.6. The van der Waals surface area contributed by atoms with Crippen molar-refractivity contribution in [1.82, 2.24) is 26.2 Å². The van der Waals surface area contributed by atoms with Crippen molar-refractivity contribution in [3.63, 3.8) is 0 Å². The molecular formula is C21H34Cl3N7O. The third kappa shape index (κ3) is 6.98. The number of alkyl halides is 3. The predicted octanol–water partition coefficient (Wildman–Crippen LogP) is 2.06. The van der Waals surface area contributed by atoms with Gasteiger partial charge in [-0.15, -0.1) is 0 Å². The molecule has 4 rings (SSSR count). The van der Waals surface area contributed by atoms with E-state index >= 15 is 0 Å². The fraction of sp³-hybridized carbons (Fsp3) is 0.714. The van der Waals surface area contributed by atoms with Gasteiger partial charge in [0.1, 0.15) is 18.7 Å². The quantitative estimate of drug-likeness (QED) is 0.271. The van der Waals surface area contributed by atoms with Crippen LogP contribution in [0.4, 0.5) is 11.4 Å². The van der Waals surface area contributed by atoms with Crippen molar-refractivity contribution >= 4 is 46.2 Å². The van der Waals surface area contributed by atoms with Gasteiger partial charge >= 0.3 is 0 Å². The highest BCUT2D eigenvalue weighted by molar-refractivity contribution is 6.68. The zero-order chi connectivity index (χ0) is 22.4. The minimum absolute atomic E-state index is 0.205. The van der Waals surface area contributed by atoms with E-state index in [1.54, 1.807) is 0 Å². The molecule has 0 spiro atoms. The van der Waals surface area contributed by atoms with Crippen molar-refractivity contribution in [1.29, 1.82) is 0 Å². The lowest BCUT2D eigenvalue weighted by Gasteiger charge is -2.42. The molecule has 3 fully saturated rings. The molecule has 11 heteroatoms. The normalized spacial score (nSPS) is 27.6. The number of ether oxygens (including phenoxy) is 1. The first-order chi connectivity index (χ1) is 15.5. The Morgan fingerprint density at radius 3 is 2.44 bits per heavy atom. The first-order valence-electron chi connectivity index (χ1n) is 11.5. The third-order valence-corrected chi connectivity index (χ3v) is 6.74. The second-order valence-electron chi connectivity index (χ2n) is 8.46. The Kier molecular flexibility index (Phi) is 9.01. The summed E-state index contributed by atoms with van der Waals surface area (Å²) < 4.78 is 4.01. The van der Waals surface area contributed by atoms with E-state index < -0.39 is 9.96 Å². The van der Waals surface area contributed by atoms with Crippen molar-refractivity contribution < 1.29 is 4.74 Å². The average Bonchev–Trinajstić information content (AvgIpc) is 3.31. The largest absolute Gasteiger partial charge is 0.378 e. The monoisotopic (exact) mass is 505 g/mol. The summed E-state index contributed by atoms with van der Waals surface area (Å²) in [7, 11) is 0. The van der Waals surface area contributed by atoms with Gasteiger partial charge in [0.2, 0.25) is 3.79 Å². The Balaban J connectivity index is 1.36. The summed E-state index contributed by atoms with van der Waals surface area (Å²) in [6.45, 7) is 7.61. The Hall–Kier alpha value is -0.550. The molecule has 3 atom stereocenters. The van der Waals surface area contributed by atoms with Crippen LogP contribution in [0.25, 0.3) is 0 Å². The minimum Gasteiger partial charge on any atom is -0.378 e. The number of anilines is 2. The van der Waals surface area contributed by atoms with E-state index in [4.69, 9.17) is 39.5 Å². The van der Waals surface area contributed by atoms with Crippen LogP contribution in [-0.2, 0) is 4.74 Å². The Morgan fingerprint density at radius 1 is 0.969 bits per heavy atom. The number of hydrogen-bond donors (Lipinski definition) is 5. The van der Waals surface area contributed by atoms with Gasteiger partial charge in [-0.25, -0.2) is 0 Å². The van der Waals surface area contributed by atoms with Crippen LogP contribution in [0.3, 0.4) is 0 Å². The van der Waals surface area contributed by atoms with E-state index in [0.29, 0.717) is 0 Å². The number of benzene rings is 1. The van der Waals surface area contributed by atoms with Crippen LogP contribution in [0.1, 0.15) is 19.3 Å². The van der Waals surface area contributed by atoms with Crippen LogP contribution in [-0.4, -0.2) is 79.9 Å². The van der Waals surface area contributed by atoms with Gasteiger partial charge in [-0.05, 0) is 57.6 Å². The first-order valence-corrected chi connectivity index (χ1v) is 12.6. The van der Waals surface area contributed by atoms with E-state index in [1.807, 2.05) is 12.1 Å². The molecule has 0 radical (unpaired) electrons. The van der Waals surface area contributed by atoms with Gasteiger partial charge in [-0.2, -0.15) is 0 Å². The number of nitrogens with zero attached hydrogens (tertiary/aromatic N) is 2. The van der Waals surface area contributed by atoms with Gasteiger partial charge in [0.05, 0.1) is 24.6 Å². The highest BCUT2D eigenvalue weighted by Gasteiger charge is 2.39. The zero-order valence-electron chi connectivity index (χ0n) is 18.3. The molecule has 3 unspecified atom stereocenters. The van der Waals surface area contributed by atoms with Crippen molar-refractivity contribution in [2.45, 2.75) is 41.8 Å². The highest BCUT2D eigenvalue weighted by Crippen LogP contribution is 2.31. The van der Waals surface area contributed by atoms with E-state index in [-0.39, 0.29) is 12.6 Å². The molecule has 3 aliphatic rings. The van der Waals surface area contributed by atoms with Gasteiger partial charge in [0.15, 0.2) is 0 Å². The first kappa shape index (κ1) is 24.6. The van der Waals surface area contributed by atoms with Crippen LogP contribution < -0.4 is 31.5 Å². The number of para-hydroxylation sites is 2. The van der Waals surface area contributed by atoms with Crippen molar-refractivity contribution in [3.05, 3.63) is 24.3 Å². The second-order valence-corrected chi connectivity index (χ2v) is 10.8. The van der Waals surface area contributed by atoms with Crippen molar-refractivity contribution in [2.24, 2.45) is 0 Å². The Morgan fingerprint density at radius 2 is 1.69 bits per heavy atom. The average molecular weight is 507 g/mol. The van der Waals surface area contributed by atoms with Crippen LogP contribution in [0.5, 0.6) is 0 Å². The molecular weight excluding hydrogens is 473 g/mol. The fourth-order valence-electron chi connectivity index (χ4n) is 4.42. The second kappa shape index (κ2) is 11.7. The van der Waals surface area contributed by atoms with Crippen LogP contribution in [0, 0.1) is 0 Å². The lowest BCUT2D eigenvalue weighted by Crippen LogP contribution is -2.75. The minimum atomic E-state index is -1.50. The molecule has 3 saturated heterocycles. The van der Waals surface area contributed by atoms with E-state index in [0.717, 1.165) is 57.2 Å². The van der Waals surface area contributed by atoms with Crippen LogP contribution in [0.2, 0.25) is 0 Å². The molecule has 180 valence electrons. The topological polar surface area (TPSA) is 75.9 Å². The summed E-state index contributed by atoms with van der Waals surface area (Å²) in [5.41, 5.74) is 2.15. The molecule has 32 heavy (non-hydrogen) atoms. The van der Waals surface area contributed by atoms with Gasteiger partial charge in [0, 0.05) is 13.1 Å². The van der Waals surface area contributed by atoms with Crippen molar-refractivity contribution in [3.8, 4) is 0 Å². The summed E-state index contributed by atoms with van der Waals surface area (Å²) in [4.78, 5) is 4.84. The summed E-state index contributed by atoms with van der Waals surface area (Å²) in [5.74, 6) is 0. The molecule has 0 amide bonds. The predicted molar refractivity (Wildman–Crippen MR) is 132 cm³/mol. The molecule has 5 N–H and O–H groups in total. The zero-order valence-corrected chi connectivity index (χ0v) is 20.5. The van der Waals surface area contributed by atoms with Crippen LogP contribution >= 0.6 is 34.8 Å². The summed E-state index contributed by atoms with van der Waals surface area (Å²) >= 11 is 18.7. The van der Waals surface area contributed by atoms with Crippen LogP contribution in [0.15, 0.2) is 24.3 Å². The van der Waals surface area contributed by atoms with Crippen molar-refractivity contribution in [2.75, 3.05) is 62.7 Å². The molecule has 0 aliphatic carbocycles. The van der Waals surface area contributed by atoms with E-state index in [2.05, 4.69) is 48.5 Å². The van der Waals surface area contributed by atoms with Gasteiger partial charge in [0.25, 0.3) is 0 Å². The maximum absolute atomic E-state index is 6.24. The molecule has 8 nitrogen and oxygen atoms in total. The number of likely N-dealkylation sites (tertiary alicyclic amines) is 1. The van der Waals surface area contributed by atoms with Gasteiger partial charge < -0.3 is 19.9 Å². The number of halogens is 3. The maximum atomic E-state index is 6.24. The number of nitrogens with one attached hydrogen (secondary N) is 5. The van der Waals surface area contributed by atoms with Gasteiger partial charge in [-0.1, -0.05) is 46.9 Å². The summed E-state index contributed by atoms with van der Waals surface area (Å²) in [6.07, 6.45) is 2.67. The fourth-order valence-corrected chi connectivity index (χ4v) is 4.80. The summed E-state index contributed by atoms with van der Waals surface area (Å²) in [6, 6.07) is 8.26. The SMILES string of the molecule is ClC(Cl)(Cl)C1NC(NCCCN2CCCC2)NC(Nc2ccccc2N2CCOCC2)N1. The van der Waals surface area contributed by atoms with Gasteiger partial charge in [-0.3, -0.25) is 21.3 Å². The molecule has 3 aliphatic heterocycles. The Labute approximate surface area is 205 Å². The number of morpholine rings is 1. The lowest BCUT2D eigenvalue weighted by atomic mass is 10.2. The molecule has 1 aromatic rings. The Bertz CT molecular complexity index is 711.